The van der Waals surface area contributed by atoms with Crippen molar-refractivity contribution in [2.45, 2.75) is 19.4 Å². The van der Waals surface area contributed by atoms with Crippen LogP contribution < -0.4 is 5.32 Å². The number of benzene rings is 2. The molecule has 4 heterocycles. The number of hydrogen-bond donors (Lipinski definition) is 1. The Morgan fingerprint density at radius 1 is 0.929 bits per heavy atom. The van der Waals surface area contributed by atoms with E-state index in [1.54, 1.807) is 79.2 Å². The average Bonchev–Trinajstić information content (AvgIpc) is 3.78. The van der Waals surface area contributed by atoms with Gasteiger partial charge in [-0.1, -0.05) is 30.1 Å². The van der Waals surface area contributed by atoms with Gasteiger partial charge in [0.25, 0.3) is 5.91 Å². The van der Waals surface area contributed by atoms with E-state index in [1.165, 1.54) is 17.6 Å². The third kappa shape index (κ3) is 5.64. The van der Waals surface area contributed by atoms with Crippen LogP contribution in [0.15, 0.2) is 87.4 Å². The maximum absolute atomic E-state index is 13.1. The Morgan fingerprint density at radius 2 is 1.64 bits per heavy atom. The van der Waals surface area contributed by atoms with Crippen LogP contribution in [0.5, 0.6) is 0 Å². The molecule has 0 bridgehead atoms. The van der Waals surface area contributed by atoms with Gasteiger partial charge in [-0.05, 0) is 67.1 Å². The second-order valence-electron chi connectivity index (χ2n) is 9.03. The number of halogens is 2. The molecular formula is C30H20Cl2N4O5S. The van der Waals surface area contributed by atoms with Crippen LogP contribution in [0, 0.1) is 0 Å². The number of carbonyl (C=O) groups is 2. The van der Waals surface area contributed by atoms with Gasteiger partial charge < -0.3 is 13.6 Å². The van der Waals surface area contributed by atoms with Crippen LogP contribution in [0.4, 0.5) is 5.13 Å². The average molecular weight is 619 g/mol. The highest BCUT2D eigenvalue weighted by Crippen LogP contribution is 2.33. The van der Waals surface area contributed by atoms with Crippen molar-refractivity contribution in [1.29, 1.82) is 0 Å². The minimum Gasteiger partial charge on any atom is -0.463 e. The quantitative estimate of drug-likeness (QED) is 0.170. The highest BCUT2D eigenvalue weighted by molar-refractivity contribution is 7.14. The normalized spacial score (nSPS) is 11.9. The van der Waals surface area contributed by atoms with E-state index in [-0.39, 0.29) is 12.0 Å². The summed E-state index contributed by atoms with van der Waals surface area (Å²) in [5.41, 5.74) is 3.43. The molecule has 42 heavy (non-hydrogen) atoms. The van der Waals surface area contributed by atoms with Gasteiger partial charge in [-0.3, -0.25) is 10.1 Å². The van der Waals surface area contributed by atoms with Gasteiger partial charge in [-0.15, -0.1) is 11.3 Å². The number of rotatable bonds is 8. The van der Waals surface area contributed by atoms with E-state index in [0.717, 1.165) is 0 Å². The lowest BCUT2D eigenvalue weighted by atomic mass is 10.1. The van der Waals surface area contributed by atoms with Crippen molar-refractivity contribution in [3.63, 3.8) is 0 Å². The lowest BCUT2D eigenvalue weighted by molar-refractivity contribution is -0.124. The summed E-state index contributed by atoms with van der Waals surface area (Å²) in [6.07, 6.45) is 2.29. The fourth-order valence-electron chi connectivity index (χ4n) is 4.21. The number of nitrogens with one attached hydrogen (secondary N) is 1. The van der Waals surface area contributed by atoms with Crippen LogP contribution in [0.1, 0.15) is 23.7 Å². The molecule has 0 saturated heterocycles. The molecule has 0 spiro atoms. The fraction of sp³-hybridized carbons (Fsp3) is 0.100. The molecule has 0 aliphatic heterocycles. The minimum atomic E-state index is -1.05. The van der Waals surface area contributed by atoms with Gasteiger partial charge in [-0.2, -0.15) is 0 Å². The summed E-state index contributed by atoms with van der Waals surface area (Å²) in [5, 5.41) is 5.78. The molecule has 0 saturated carbocycles. The first-order valence-electron chi connectivity index (χ1n) is 12.7. The van der Waals surface area contributed by atoms with Gasteiger partial charge in [0.15, 0.2) is 22.8 Å². The van der Waals surface area contributed by atoms with Crippen molar-refractivity contribution < 1.29 is 23.2 Å². The molecular weight excluding hydrogens is 599 g/mol. The van der Waals surface area contributed by atoms with Crippen LogP contribution >= 0.6 is 34.5 Å². The number of hydrogen-bond acceptors (Lipinski definition) is 9. The van der Waals surface area contributed by atoms with Crippen molar-refractivity contribution in [3.8, 4) is 34.2 Å². The van der Waals surface area contributed by atoms with E-state index in [9.17, 15) is 9.59 Å². The number of thiazole rings is 1. The summed E-state index contributed by atoms with van der Waals surface area (Å²) >= 11 is 13.5. The highest BCUT2D eigenvalue weighted by Gasteiger charge is 2.24. The van der Waals surface area contributed by atoms with Crippen LogP contribution in [0.2, 0.25) is 10.0 Å². The maximum atomic E-state index is 13.1. The highest BCUT2D eigenvalue weighted by atomic mass is 35.5. The molecule has 0 aliphatic rings. The van der Waals surface area contributed by atoms with E-state index in [2.05, 4.69) is 10.3 Å². The summed E-state index contributed by atoms with van der Waals surface area (Å²) in [4.78, 5) is 40.0. The predicted molar refractivity (Wildman–Crippen MR) is 161 cm³/mol. The lowest BCUT2D eigenvalue weighted by Crippen LogP contribution is -2.32. The molecule has 6 aromatic rings. The van der Waals surface area contributed by atoms with Gasteiger partial charge >= 0.3 is 5.97 Å². The topological polar surface area (TPSA) is 120 Å². The number of furan rings is 2. The van der Waals surface area contributed by atoms with E-state index >= 15 is 0 Å². The van der Waals surface area contributed by atoms with Gasteiger partial charge in [0.2, 0.25) is 0 Å². The molecule has 1 atom stereocenters. The number of nitrogens with zero attached hydrogens (tertiary/aromatic N) is 3. The monoisotopic (exact) mass is 618 g/mol. The molecule has 2 aromatic carbocycles. The second-order valence-corrected chi connectivity index (χ2v) is 10.7. The molecule has 4 aromatic heterocycles. The third-order valence-electron chi connectivity index (χ3n) is 6.26. The first-order valence-corrected chi connectivity index (χ1v) is 14.4. The Balaban J connectivity index is 1.20. The molecule has 9 nitrogen and oxygen atoms in total. The Labute approximate surface area is 253 Å². The molecule has 1 amide bonds. The molecule has 0 fully saturated rings. The molecule has 6 rings (SSSR count). The van der Waals surface area contributed by atoms with E-state index in [0.29, 0.717) is 60.4 Å². The van der Waals surface area contributed by atoms with Crippen molar-refractivity contribution in [3.05, 3.63) is 94.2 Å². The van der Waals surface area contributed by atoms with Gasteiger partial charge in [0.05, 0.1) is 39.8 Å². The Hall–Kier alpha value is -4.51. The number of ether oxygens (including phenoxy) is 1. The molecule has 1 N–H and O–H groups in total. The molecule has 12 heteroatoms. The van der Waals surface area contributed by atoms with Crippen LogP contribution in [0.3, 0.4) is 0 Å². The van der Waals surface area contributed by atoms with Crippen molar-refractivity contribution in [1.82, 2.24) is 15.0 Å². The first kappa shape index (κ1) is 27.6. The number of fused-ring (bicyclic) bond motifs is 1. The SMILES string of the molecule is CCC(OC(=O)c1ccc2nc(-c3ccco3)c(-c3ccco3)nc2c1)C(=O)Nc1nc(-c2ccc(Cl)cc2Cl)cs1. The minimum absolute atomic E-state index is 0.216. The van der Waals surface area contributed by atoms with Crippen molar-refractivity contribution >= 4 is 62.6 Å². The largest absolute Gasteiger partial charge is 0.463 e. The molecule has 210 valence electrons. The van der Waals surface area contributed by atoms with Gasteiger partial charge in [0, 0.05) is 16.0 Å². The summed E-state index contributed by atoms with van der Waals surface area (Å²) in [6, 6.07) is 16.9. The van der Waals surface area contributed by atoms with Crippen LogP contribution in [-0.2, 0) is 9.53 Å². The van der Waals surface area contributed by atoms with Gasteiger partial charge in [0.1, 0.15) is 11.4 Å². The Bertz CT molecular complexity index is 1900. The van der Waals surface area contributed by atoms with Gasteiger partial charge in [-0.25, -0.2) is 19.7 Å². The number of aromatic nitrogens is 3. The summed E-state index contributed by atoms with van der Waals surface area (Å²) in [7, 11) is 0. The number of amides is 1. The lowest BCUT2D eigenvalue weighted by Gasteiger charge is -2.15. The second kappa shape index (κ2) is 11.8. The first-order chi connectivity index (χ1) is 20.4. The standard InChI is InChI=1S/C30H20Cl2N4O5S/c1-2-23(28(37)36-30-35-22(15-42-30)18-9-8-17(31)14-19(18)32)41-29(38)16-7-10-20-21(13-16)34-27(25-6-4-12-40-25)26(33-20)24-5-3-11-39-24/h3-15,23H,2H2,1H3,(H,35,36,37). The summed E-state index contributed by atoms with van der Waals surface area (Å²) < 4.78 is 16.7. The Morgan fingerprint density at radius 3 is 2.29 bits per heavy atom. The summed E-state index contributed by atoms with van der Waals surface area (Å²) in [6.45, 7) is 1.75. The van der Waals surface area contributed by atoms with E-state index < -0.39 is 18.0 Å². The van der Waals surface area contributed by atoms with Crippen LogP contribution in [-0.4, -0.2) is 32.9 Å². The van der Waals surface area contributed by atoms with E-state index in [1.807, 2.05) is 0 Å². The summed E-state index contributed by atoms with van der Waals surface area (Å²) in [5.74, 6) is -0.157. The zero-order chi connectivity index (χ0) is 29.2. The zero-order valence-electron chi connectivity index (χ0n) is 21.8. The smallest absolute Gasteiger partial charge is 0.338 e. The Kier molecular flexibility index (Phi) is 7.75. The fourth-order valence-corrected chi connectivity index (χ4v) is 5.43. The molecule has 1 unspecified atom stereocenters. The predicted octanol–water partition coefficient (Wildman–Crippen LogP) is 8.15. The van der Waals surface area contributed by atoms with Crippen molar-refractivity contribution in [2.24, 2.45) is 0 Å². The third-order valence-corrected chi connectivity index (χ3v) is 7.57. The number of carbonyl (C=O) groups excluding carboxylic acids is 2. The molecule has 0 aliphatic carbocycles. The maximum Gasteiger partial charge on any atom is 0.338 e. The number of esters is 1. The number of anilines is 1. The van der Waals surface area contributed by atoms with E-state index in [4.69, 9.17) is 46.7 Å². The van der Waals surface area contributed by atoms with Crippen molar-refractivity contribution in [2.75, 3.05) is 5.32 Å². The zero-order valence-corrected chi connectivity index (χ0v) is 24.2. The molecule has 0 radical (unpaired) electrons. The van der Waals surface area contributed by atoms with Crippen LogP contribution in [0.25, 0.3) is 45.2 Å².